The van der Waals surface area contributed by atoms with Gasteiger partial charge >= 0.3 is 5.97 Å². The number of nitrogens with zero attached hydrogens (tertiary/aromatic N) is 1. The second-order valence-corrected chi connectivity index (χ2v) is 8.42. The molecule has 2 aromatic rings. The Kier molecular flexibility index (Phi) is 5.93. The molecule has 4 rings (SSSR count). The number of ether oxygens (including phenoxy) is 1. The maximum Gasteiger partial charge on any atom is 0.303 e. The van der Waals surface area contributed by atoms with Gasteiger partial charge in [0, 0.05) is 19.5 Å². The van der Waals surface area contributed by atoms with Crippen LogP contribution in [0.3, 0.4) is 0 Å². The Balaban J connectivity index is 1.55. The van der Waals surface area contributed by atoms with Crippen LogP contribution in [0.15, 0.2) is 30.3 Å². The van der Waals surface area contributed by atoms with E-state index >= 15 is 0 Å². The van der Waals surface area contributed by atoms with Gasteiger partial charge in [0.25, 0.3) is 0 Å². The Bertz CT molecular complexity index is 911. The highest BCUT2D eigenvalue weighted by Gasteiger charge is 2.26. The molecule has 30 heavy (non-hydrogen) atoms. The number of hydrogen-bond acceptors (Lipinski definition) is 3. The smallest absolute Gasteiger partial charge is 0.303 e. The van der Waals surface area contributed by atoms with Gasteiger partial charge in [-0.05, 0) is 79.8 Å². The summed E-state index contributed by atoms with van der Waals surface area (Å²) in [6.07, 6.45) is 4.85. The van der Waals surface area contributed by atoms with E-state index in [1.165, 1.54) is 18.6 Å². The van der Waals surface area contributed by atoms with Crippen molar-refractivity contribution in [2.75, 3.05) is 18.0 Å². The van der Waals surface area contributed by atoms with Crippen molar-refractivity contribution in [3.8, 4) is 16.9 Å². The molecule has 0 aromatic heterocycles. The molecule has 2 aliphatic rings. The van der Waals surface area contributed by atoms with E-state index < -0.39 is 17.6 Å². The van der Waals surface area contributed by atoms with E-state index in [9.17, 15) is 13.6 Å². The van der Waals surface area contributed by atoms with E-state index in [2.05, 4.69) is 0 Å². The van der Waals surface area contributed by atoms with Crippen LogP contribution in [-0.2, 0) is 4.79 Å². The van der Waals surface area contributed by atoms with E-state index in [4.69, 9.17) is 9.84 Å². The quantitative estimate of drug-likeness (QED) is 0.671. The van der Waals surface area contributed by atoms with Crippen molar-refractivity contribution in [3.63, 3.8) is 0 Å². The van der Waals surface area contributed by atoms with E-state index in [0.29, 0.717) is 31.5 Å². The third kappa shape index (κ3) is 4.27. The van der Waals surface area contributed by atoms with E-state index in [1.54, 1.807) is 4.90 Å². The predicted molar refractivity (Wildman–Crippen MR) is 112 cm³/mol. The molecule has 6 heteroatoms. The maximum absolute atomic E-state index is 15.0. The molecule has 1 aliphatic carbocycles. The highest BCUT2D eigenvalue weighted by molar-refractivity contribution is 5.72. The van der Waals surface area contributed by atoms with Crippen molar-refractivity contribution >= 4 is 11.7 Å². The van der Waals surface area contributed by atoms with Crippen LogP contribution in [0.5, 0.6) is 5.75 Å². The molecule has 0 unspecified atom stereocenters. The van der Waals surface area contributed by atoms with Crippen LogP contribution in [0.4, 0.5) is 14.5 Å². The third-order valence-corrected chi connectivity index (χ3v) is 6.35. The fraction of sp³-hybridized carbons (Fsp3) is 0.458. The van der Waals surface area contributed by atoms with Gasteiger partial charge in [0.2, 0.25) is 0 Å². The van der Waals surface area contributed by atoms with Gasteiger partial charge in [0.15, 0.2) is 0 Å². The van der Waals surface area contributed by atoms with Crippen LogP contribution in [0, 0.1) is 24.5 Å². The number of carboxylic acids is 1. The summed E-state index contributed by atoms with van der Waals surface area (Å²) in [5.74, 6) is -1.18. The van der Waals surface area contributed by atoms with Crippen molar-refractivity contribution < 1.29 is 23.4 Å². The zero-order valence-corrected chi connectivity index (χ0v) is 17.2. The number of rotatable bonds is 6. The fourth-order valence-corrected chi connectivity index (χ4v) is 4.35. The maximum atomic E-state index is 15.0. The molecule has 1 N–H and O–H groups in total. The molecular weight excluding hydrogens is 388 g/mol. The third-order valence-electron chi connectivity index (χ3n) is 6.35. The normalized spacial score (nSPS) is 17.6. The first-order valence-corrected chi connectivity index (χ1v) is 10.6. The van der Waals surface area contributed by atoms with E-state index in [1.807, 2.05) is 25.1 Å². The number of benzene rings is 2. The second kappa shape index (κ2) is 8.62. The molecule has 0 bridgehead atoms. The molecule has 0 radical (unpaired) electrons. The first-order valence-electron chi connectivity index (χ1n) is 10.6. The van der Waals surface area contributed by atoms with Crippen molar-refractivity contribution in [1.82, 2.24) is 0 Å². The average Bonchev–Trinajstić information content (AvgIpc) is 2.66. The minimum atomic E-state index is -0.825. The van der Waals surface area contributed by atoms with Crippen molar-refractivity contribution in [3.05, 3.63) is 47.5 Å². The van der Waals surface area contributed by atoms with E-state index in [0.717, 1.165) is 29.7 Å². The average molecular weight is 415 g/mol. The lowest BCUT2D eigenvalue weighted by Crippen LogP contribution is -2.35. The van der Waals surface area contributed by atoms with Crippen LogP contribution in [-0.4, -0.2) is 30.3 Å². The lowest BCUT2D eigenvalue weighted by molar-refractivity contribution is -0.138. The molecule has 2 fully saturated rings. The minimum Gasteiger partial charge on any atom is -0.490 e. The van der Waals surface area contributed by atoms with Gasteiger partial charge in [0.05, 0.1) is 6.10 Å². The van der Waals surface area contributed by atoms with Gasteiger partial charge in [0.1, 0.15) is 23.1 Å². The molecule has 1 saturated heterocycles. The highest BCUT2D eigenvalue weighted by Crippen LogP contribution is 2.37. The molecular formula is C24H27F2NO3. The van der Waals surface area contributed by atoms with Crippen LogP contribution in [0.1, 0.15) is 44.1 Å². The van der Waals surface area contributed by atoms with Crippen LogP contribution < -0.4 is 9.64 Å². The summed E-state index contributed by atoms with van der Waals surface area (Å²) in [6, 6.07) is 8.38. The van der Waals surface area contributed by atoms with Gasteiger partial charge < -0.3 is 14.7 Å². The first kappa shape index (κ1) is 20.6. The first-order chi connectivity index (χ1) is 14.4. The number of aliphatic carboxylic acids is 1. The second-order valence-electron chi connectivity index (χ2n) is 8.42. The molecule has 2 aromatic carbocycles. The summed E-state index contributed by atoms with van der Waals surface area (Å²) >= 11 is 0. The lowest BCUT2D eigenvalue weighted by Gasteiger charge is -2.33. The molecule has 160 valence electrons. The number of halogens is 2. The number of anilines is 1. The molecule has 0 atom stereocenters. The number of carbonyl (C=O) groups is 1. The van der Waals surface area contributed by atoms with Crippen molar-refractivity contribution in [2.45, 2.75) is 51.6 Å². The van der Waals surface area contributed by atoms with Crippen LogP contribution in [0.25, 0.3) is 11.1 Å². The van der Waals surface area contributed by atoms with Gasteiger partial charge in [-0.2, -0.15) is 0 Å². The lowest BCUT2D eigenvalue weighted by atomic mass is 9.93. The Labute approximate surface area is 175 Å². The molecule has 1 aliphatic heterocycles. The van der Waals surface area contributed by atoms with Crippen LogP contribution in [0.2, 0.25) is 0 Å². The topological polar surface area (TPSA) is 49.8 Å². The molecule has 1 heterocycles. The SMILES string of the molecule is Cc1c(OC2CCC2)cccc1-c1cc(F)c(N2CCC(CC(=O)O)CC2)c(F)c1. The number of piperidine rings is 1. The molecule has 0 amide bonds. The van der Waals surface area contributed by atoms with Crippen molar-refractivity contribution in [2.24, 2.45) is 5.92 Å². The largest absolute Gasteiger partial charge is 0.490 e. The molecule has 0 spiro atoms. The van der Waals surface area contributed by atoms with Crippen LogP contribution >= 0.6 is 0 Å². The fourth-order valence-electron chi connectivity index (χ4n) is 4.35. The zero-order valence-electron chi connectivity index (χ0n) is 17.2. The summed E-state index contributed by atoms with van der Waals surface area (Å²) in [4.78, 5) is 12.6. The standard InChI is InChI=1S/C24H27F2NO3/c1-15-19(6-3-7-22(15)30-18-4-2-5-18)17-13-20(25)24(21(26)14-17)27-10-8-16(9-11-27)12-23(28)29/h3,6-7,13-14,16,18H,2,4-5,8-12H2,1H3,(H,28,29). The van der Waals surface area contributed by atoms with Gasteiger partial charge in [-0.3, -0.25) is 4.79 Å². The Morgan fingerprint density at radius 2 is 1.80 bits per heavy atom. The van der Waals surface area contributed by atoms with Gasteiger partial charge in [-0.15, -0.1) is 0 Å². The minimum absolute atomic E-state index is 0.0212. The Morgan fingerprint density at radius 1 is 1.13 bits per heavy atom. The highest BCUT2D eigenvalue weighted by atomic mass is 19.1. The summed E-state index contributed by atoms with van der Waals surface area (Å²) in [7, 11) is 0. The number of hydrogen-bond donors (Lipinski definition) is 1. The summed E-state index contributed by atoms with van der Waals surface area (Å²) < 4.78 is 36.0. The van der Waals surface area contributed by atoms with Crippen molar-refractivity contribution in [1.29, 1.82) is 0 Å². The Morgan fingerprint density at radius 3 is 2.37 bits per heavy atom. The summed E-state index contributed by atoms with van der Waals surface area (Å²) in [5.41, 5.74) is 2.11. The summed E-state index contributed by atoms with van der Waals surface area (Å²) in [5, 5.41) is 8.94. The van der Waals surface area contributed by atoms with Gasteiger partial charge in [-0.1, -0.05) is 12.1 Å². The van der Waals surface area contributed by atoms with Gasteiger partial charge in [-0.25, -0.2) is 8.78 Å². The zero-order chi connectivity index (χ0) is 21.3. The van der Waals surface area contributed by atoms with E-state index in [-0.39, 0.29) is 24.1 Å². The monoisotopic (exact) mass is 415 g/mol. The summed E-state index contributed by atoms with van der Waals surface area (Å²) in [6.45, 7) is 2.82. The molecule has 4 nitrogen and oxygen atoms in total. The molecule has 1 saturated carbocycles. The predicted octanol–water partition coefficient (Wildman–Crippen LogP) is 5.56. The Hall–Kier alpha value is -2.63. The number of carboxylic acid groups (broad SMARTS) is 1.